The Balaban J connectivity index is 1.76. The zero-order chi connectivity index (χ0) is 17.3. The van der Waals surface area contributed by atoms with Gasteiger partial charge >= 0.3 is 10.2 Å². The van der Waals surface area contributed by atoms with E-state index in [0.717, 1.165) is 11.3 Å². The molecule has 1 atom stereocenters. The molecule has 0 spiro atoms. The Labute approximate surface area is 139 Å². The topological polar surface area (TPSA) is 63.7 Å². The Morgan fingerprint density at radius 1 is 1.12 bits per heavy atom. The molecule has 24 heavy (non-hydrogen) atoms. The third kappa shape index (κ3) is 3.41. The molecule has 1 fully saturated rings. The Bertz CT molecular complexity index is 864. The number of hydrogen-bond donors (Lipinski definition) is 0. The molecule has 1 heterocycles. The first-order chi connectivity index (χ1) is 11.3. The van der Waals surface area contributed by atoms with E-state index in [1.54, 1.807) is 24.3 Å². The summed E-state index contributed by atoms with van der Waals surface area (Å²) >= 11 is 0. The highest BCUT2D eigenvalue weighted by Gasteiger charge is 2.39. The summed E-state index contributed by atoms with van der Waals surface area (Å²) in [5.74, 6) is 0.911. The van der Waals surface area contributed by atoms with Gasteiger partial charge in [-0.25, -0.2) is 0 Å². The molecule has 3 rings (SSSR count). The molecule has 1 aliphatic heterocycles. The van der Waals surface area contributed by atoms with Gasteiger partial charge in [0.1, 0.15) is 16.7 Å². The maximum atomic E-state index is 13.1. The van der Waals surface area contributed by atoms with Crippen LogP contribution in [0, 0.1) is 6.92 Å². The summed E-state index contributed by atoms with van der Waals surface area (Å²) < 4.78 is 40.8. The molecule has 126 valence electrons. The number of carbonyl (C=O) groups excluding carboxylic acids is 1. The van der Waals surface area contributed by atoms with Gasteiger partial charge in [0.05, 0.1) is 0 Å². The van der Waals surface area contributed by atoms with Crippen molar-refractivity contribution in [2.24, 2.45) is 0 Å². The summed E-state index contributed by atoms with van der Waals surface area (Å²) in [6.07, 6.45) is -0.333. The van der Waals surface area contributed by atoms with Crippen LogP contribution in [-0.2, 0) is 15.0 Å². The predicted octanol–water partition coefficient (Wildman–Crippen LogP) is 3.19. The number of anilines is 1. The molecule has 2 aromatic carbocycles. The Morgan fingerprint density at radius 2 is 1.79 bits per heavy atom. The number of amides is 1. The average molecular weight is 349 g/mol. The van der Waals surface area contributed by atoms with E-state index in [1.807, 2.05) is 31.2 Å². The molecular formula is C17H16FNO4S. The summed E-state index contributed by atoms with van der Waals surface area (Å²) in [6, 6.07) is 14.3. The van der Waals surface area contributed by atoms with Crippen molar-refractivity contribution in [2.45, 2.75) is 18.6 Å². The van der Waals surface area contributed by atoms with E-state index in [-0.39, 0.29) is 13.0 Å². The van der Waals surface area contributed by atoms with Crippen LogP contribution in [0.25, 0.3) is 0 Å². The van der Waals surface area contributed by atoms with Crippen molar-refractivity contribution in [1.82, 2.24) is 0 Å². The monoisotopic (exact) mass is 349 g/mol. The first kappa shape index (κ1) is 16.4. The number of benzene rings is 2. The molecule has 0 N–H and O–H groups in total. The van der Waals surface area contributed by atoms with Crippen LogP contribution < -0.4 is 9.64 Å². The van der Waals surface area contributed by atoms with Crippen molar-refractivity contribution in [1.29, 1.82) is 0 Å². The predicted molar refractivity (Wildman–Crippen MR) is 88.5 cm³/mol. The van der Waals surface area contributed by atoms with Gasteiger partial charge in [-0.3, -0.25) is 4.79 Å². The maximum Gasteiger partial charge on any atom is 0.307 e. The lowest BCUT2D eigenvalue weighted by molar-refractivity contribution is -0.117. The molecule has 0 aliphatic carbocycles. The highest BCUT2D eigenvalue weighted by Crippen LogP contribution is 2.29. The number of rotatable bonds is 4. The minimum atomic E-state index is -4.72. The largest absolute Gasteiger partial charge is 0.457 e. The van der Waals surface area contributed by atoms with E-state index >= 15 is 0 Å². The Kier molecular flexibility index (Phi) is 4.28. The van der Waals surface area contributed by atoms with Crippen LogP contribution in [0.4, 0.5) is 9.57 Å². The van der Waals surface area contributed by atoms with Gasteiger partial charge in [-0.05, 0) is 42.8 Å². The van der Waals surface area contributed by atoms with Gasteiger partial charge in [0, 0.05) is 18.7 Å². The SMILES string of the molecule is Cc1ccccc1Oc1ccc(N2CC(S(=O)(=O)F)CC2=O)cc1. The minimum Gasteiger partial charge on any atom is -0.457 e. The van der Waals surface area contributed by atoms with Crippen LogP contribution in [0.2, 0.25) is 0 Å². The van der Waals surface area contributed by atoms with Gasteiger partial charge in [-0.15, -0.1) is 3.89 Å². The van der Waals surface area contributed by atoms with Crippen molar-refractivity contribution < 1.29 is 21.8 Å². The van der Waals surface area contributed by atoms with Crippen molar-refractivity contribution >= 4 is 21.8 Å². The van der Waals surface area contributed by atoms with E-state index in [0.29, 0.717) is 11.4 Å². The molecule has 7 heteroatoms. The highest BCUT2D eigenvalue weighted by molar-refractivity contribution is 7.87. The summed E-state index contributed by atoms with van der Waals surface area (Å²) in [5, 5.41) is -1.30. The molecule has 1 amide bonds. The first-order valence-corrected chi connectivity index (χ1v) is 8.86. The van der Waals surface area contributed by atoms with Crippen LogP contribution in [-0.4, -0.2) is 26.1 Å². The number of aryl methyl sites for hydroxylation is 1. The van der Waals surface area contributed by atoms with Gasteiger partial charge in [-0.2, -0.15) is 8.42 Å². The van der Waals surface area contributed by atoms with Crippen LogP contribution in [0.3, 0.4) is 0 Å². The molecule has 1 saturated heterocycles. The third-order valence-electron chi connectivity index (χ3n) is 3.96. The van der Waals surface area contributed by atoms with Crippen molar-refractivity contribution in [3.8, 4) is 11.5 Å². The fourth-order valence-electron chi connectivity index (χ4n) is 2.60. The minimum absolute atomic E-state index is 0.171. The number of halogens is 1. The fourth-order valence-corrected chi connectivity index (χ4v) is 3.27. The van der Waals surface area contributed by atoms with Gasteiger partial charge in [-0.1, -0.05) is 18.2 Å². The summed E-state index contributed by atoms with van der Waals surface area (Å²) in [7, 11) is -4.72. The number of carbonyl (C=O) groups is 1. The zero-order valence-electron chi connectivity index (χ0n) is 13.0. The smallest absolute Gasteiger partial charge is 0.307 e. The van der Waals surface area contributed by atoms with E-state index in [1.165, 1.54) is 4.90 Å². The van der Waals surface area contributed by atoms with E-state index in [9.17, 15) is 17.1 Å². The third-order valence-corrected chi connectivity index (χ3v) is 5.07. The molecule has 5 nitrogen and oxygen atoms in total. The lowest BCUT2D eigenvalue weighted by atomic mass is 10.2. The molecule has 0 bridgehead atoms. The quantitative estimate of drug-likeness (QED) is 0.795. The molecule has 2 aromatic rings. The van der Waals surface area contributed by atoms with Gasteiger partial charge in [0.2, 0.25) is 5.91 Å². The maximum absolute atomic E-state index is 13.1. The zero-order valence-corrected chi connectivity index (χ0v) is 13.8. The molecule has 0 saturated carbocycles. The average Bonchev–Trinajstić information content (AvgIpc) is 2.93. The second kappa shape index (κ2) is 6.24. The van der Waals surface area contributed by atoms with E-state index in [2.05, 4.69) is 0 Å². The normalized spacial score (nSPS) is 18.0. The van der Waals surface area contributed by atoms with Gasteiger partial charge < -0.3 is 9.64 Å². The molecule has 1 aliphatic rings. The summed E-state index contributed by atoms with van der Waals surface area (Å²) in [5.41, 5.74) is 1.51. The standard InChI is InChI=1S/C17H16FNO4S/c1-12-4-2-3-5-16(12)23-14-8-6-13(7-9-14)19-11-15(10-17(19)20)24(18,21)22/h2-9,15H,10-11H2,1H3. The van der Waals surface area contributed by atoms with Crippen LogP contribution in [0.15, 0.2) is 48.5 Å². The first-order valence-electron chi connectivity index (χ1n) is 7.42. The molecular weight excluding hydrogens is 333 g/mol. The van der Waals surface area contributed by atoms with Crippen LogP contribution >= 0.6 is 0 Å². The van der Waals surface area contributed by atoms with Gasteiger partial charge in [0.25, 0.3) is 0 Å². The number of hydrogen-bond acceptors (Lipinski definition) is 4. The number of nitrogens with zero attached hydrogens (tertiary/aromatic N) is 1. The molecule has 0 radical (unpaired) electrons. The van der Waals surface area contributed by atoms with Gasteiger partial charge in [0.15, 0.2) is 0 Å². The number of para-hydroxylation sites is 1. The Morgan fingerprint density at radius 3 is 2.38 bits per heavy atom. The van der Waals surface area contributed by atoms with E-state index in [4.69, 9.17) is 4.74 Å². The van der Waals surface area contributed by atoms with Crippen molar-refractivity contribution in [2.75, 3.05) is 11.4 Å². The number of ether oxygens (including phenoxy) is 1. The summed E-state index contributed by atoms with van der Waals surface area (Å²) in [6.45, 7) is 1.76. The second-order valence-electron chi connectivity index (χ2n) is 5.67. The van der Waals surface area contributed by atoms with Crippen molar-refractivity contribution in [3.63, 3.8) is 0 Å². The lowest BCUT2D eigenvalue weighted by Crippen LogP contribution is -2.26. The molecule has 0 aromatic heterocycles. The fraction of sp³-hybridized carbons (Fsp3) is 0.235. The lowest BCUT2D eigenvalue weighted by Gasteiger charge is -2.16. The van der Waals surface area contributed by atoms with Crippen LogP contribution in [0.5, 0.6) is 11.5 Å². The molecule has 1 unspecified atom stereocenters. The summed E-state index contributed by atoms with van der Waals surface area (Å²) in [4.78, 5) is 13.2. The Hall–Kier alpha value is -2.41. The second-order valence-corrected chi connectivity index (χ2v) is 7.29. The van der Waals surface area contributed by atoms with Crippen LogP contribution in [0.1, 0.15) is 12.0 Å². The van der Waals surface area contributed by atoms with Crippen molar-refractivity contribution in [3.05, 3.63) is 54.1 Å². The van der Waals surface area contributed by atoms with E-state index < -0.39 is 21.4 Å². The highest BCUT2D eigenvalue weighted by atomic mass is 32.3.